The molecule has 63 heavy (non-hydrogen) atoms. The van der Waals surface area contributed by atoms with Gasteiger partial charge in [0, 0.05) is 55.1 Å². The molecule has 0 bridgehead atoms. The van der Waals surface area contributed by atoms with Crippen LogP contribution >= 0.6 is 0 Å². The number of furan rings is 1. The van der Waals surface area contributed by atoms with Crippen molar-refractivity contribution in [2.24, 2.45) is 0 Å². The van der Waals surface area contributed by atoms with Gasteiger partial charge in [0.15, 0.2) is 0 Å². The van der Waals surface area contributed by atoms with Crippen LogP contribution in [0.5, 0.6) is 0 Å². The third-order valence-corrected chi connectivity index (χ3v) is 14.4. The normalized spacial score (nSPS) is 14.3. The SMILES string of the molecule is CC1(C)c2ccccc2-c2ccc(N(c3ccc(-c4ccc5oc6ccccc6c5c4)cc3)c3ccc4c(c3)C(C)(C)c3cc(-n5c6ccccc6c6ccccc65)ccc3-4)cc21. The van der Waals surface area contributed by atoms with E-state index in [1.54, 1.807) is 0 Å². The molecule has 2 aliphatic carbocycles. The van der Waals surface area contributed by atoms with Gasteiger partial charge in [0.1, 0.15) is 11.2 Å². The Morgan fingerprint density at radius 3 is 1.54 bits per heavy atom. The van der Waals surface area contributed by atoms with Gasteiger partial charge in [-0.1, -0.05) is 143 Å². The number of rotatable bonds is 5. The van der Waals surface area contributed by atoms with Crippen LogP contribution in [0, 0.1) is 0 Å². The number of benzene rings is 9. The molecule has 0 saturated carbocycles. The largest absolute Gasteiger partial charge is 0.456 e. The average Bonchev–Trinajstić information content (AvgIpc) is 4.00. The molecule has 3 heteroatoms. The Labute approximate surface area is 367 Å². The lowest BCUT2D eigenvalue weighted by Gasteiger charge is -2.30. The summed E-state index contributed by atoms with van der Waals surface area (Å²) in [6, 6.07) is 71.7. The number of hydrogen-bond acceptors (Lipinski definition) is 2. The minimum atomic E-state index is -0.234. The van der Waals surface area contributed by atoms with Gasteiger partial charge in [-0.3, -0.25) is 0 Å². The number of nitrogens with zero attached hydrogens (tertiary/aromatic N) is 2. The molecule has 0 atom stereocenters. The first-order chi connectivity index (χ1) is 30.7. The van der Waals surface area contributed by atoms with Gasteiger partial charge in [-0.05, 0) is 134 Å². The van der Waals surface area contributed by atoms with Crippen molar-refractivity contribution in [3.05, 3.63) is 216 Å². The highest BCUT2D eigenvalue weighted by Gasteiger charge is 2.38. The topological polar surface area (TPSA) is 21.3 Å². The lowest BCUT2D eigenvalue weighted by atomic mass is 9.82. The Balaban J connectivity index is 0.938. The highest BCUT2D eigenvalue weighted by Crippen LogP contribution is 2.54. The van der Waals surface area contributed by atoms with Gasteiger partial charge in [0.05, 0.1) is 11.0 Å². The lowest BCUT2D eigenvalue weighted by Crippen LogP contribution is -2.18. The van der Waals surface area contributed by atoms with Crippen molar-refractivity contribution in [1.82, 2.24) is 4.57 Å². The molecule has 9 aromatic carbocycles. The minimum absolute atomic E-state index is 0.122. The Morgan fingerprint density at radius 1 is 0.365 bits per heavy atom. The fourth-order valence-corrected chi connectivity index (χ4v) is 11.2. The molecular weight excluding hydrogens is 765 g/mol. The summed E-state index contributed by atoms with van der Waals surface area (Å²) in [5.74, 6) is 0. The monoisotopic (exact) mass is 808 g/mol. The van der Waals surface area contributed by atoms with Gasteiger partial charge in [0.2, 0.25) is 0 Å². The maximum Gasteiger partial charge on any atom is 0.135 e. The highest BCUT2D eigenvalue weighted by atomic mass is 16.3. The summed E-state index contributed by atoms with van der Waals surface area (Å²) in [6.07, 6.45) is 0. The maximum atomic E-state index is 6.17. The number of fused-ring (bicyclic) bond motifs is 12. The number of anilines is 3. The predicted molar refractivity (Wildman–Crippen MR) is 263 cm³/mol. The van der Waals surface area contributed by atoms with Crippen LogP contribution in [-0.4, -0.2) is 4.57 Å². The summed E-state index contributed by atoms with van der Waals surface area (Å²) >= 11 is 0. The van der Waals surface area contributed by atoms with E-state index in [1.807, 2.05) is 12.1 Å². The van der Waals surface area contributed by atoms with Crippen molar-refractivity contribution in [1.29, 1.82) is 0 Å². The molecule has 11 aromatic rings. The van der Waals surface area contributed by atoms with E-state index in [0.29, 0.717) is 0 Å². The van der Waals surface area contributed by atoms with E-state index >= 15 is 0 Å². The van der Waals surface area contributed by atoms with Crippen molar-refractivity contribution in [3.8, 4) is 39.1 Å². The summed E-state index contributed by atoms with van der Waals surface area (Å²) in [5, 5.41) is 4.84. The Bertz CT molecular complexity index is 3640. The third-order valence-electron chi connectivity index (χ3n) is 14.4. The second-order valence-corrected chi connectivity index (χ2v) is 18.5. The molecule has 0 N–H and O–H groups in total. The molecule has 2 aromatic heterocycles. The summed E-state index contributed by atoms with van der Waals surface area (Å²) < 4.78 is 8.61. The number of aromatic nitrogens is 1. The van der Waals surface area contributed by atoms with Crippen molar-refractivity contribution in [2.75, 3.05) is 4.90 Å². The van der Waals surface area contributed by atoms with Crippen LogP contribution in [0.1, 0.15) is 49.9 Å². The molecule has 0 spiro atoms. The van der Waals surface area contributed by atoms with Crippen molar-refractivity contribution in [2.45, 2.75) is 38.5 Å². The van der Waals surface area contributed by atoms with Gasteiger partial charge in [0.25, 0.3) is 0 Å². The summed E-state index contributed by atoms with van der Waals surface area (Å²) in [4.78, 5) is 2.46. The fraction of sp³-hybridized carbons (Fsp3) is 0.100. The van der Waals surface area contributed by atoms with Crippen LogP contribution in [0.15, 0.2) is 199 Å². The molecule has 0 saturated heterocycles. The highest BCUT2D eigenvalue weighted by molar-refractivity contribution is 6.09. The predicted octanol–water partition coefficient (Wildman–Crippen LogP) is 16.4. The minimum Gasteiger partial charge on any atom is -0.456 e. The van der Waals surface area contributed by atoms with Crippen molar-refractivity contribution >= 4 is 60.8 Å². The van der Waals surface area contributed by atoms with Gasteiger partial charge >= 0.3 is 0 Å². The second-order valence-electron chi connectivity index (χ2n) is 18.5. The summed E-state index contributed by atoms with van der Waals surface area (Å²) in [5.41, 5.74) is 21.6. The molecule has 0 aliphatic heterocycles. The van der Waals surface area contributed by atoms with Crippen molar-refractivity contribution < 1.29 is 4.42 Å². The average molecular weight is 809 g/mol. The van der Waals surface area contributed by atoms with Gasteiger partial charge in [-0.15, -0.1) is 0 Å². The van der Waals surface area contributed by atoms with E-state index in [1.165, 1.54) is 83.1 Å². The molecule has 0 amide bonds. The van der Waals surface area contributed by atoms with Gasteiger partial charge < -0.3 is 13.9 Å². The van der Waals surface area contributed by atoms with E-state index in [2.05, 4.69) is 219 Å². The maximum absolute atomic E-state index is 6.17. The molecule has 3 nitrogen and oxygen atoms in total. The zero-order valence-corrected chi connectivity index (χ0v) is 35.8. The van der Waals surface area contributed by atoms with E-state index in [-0.39, 0.29) is 10.8 Å². The van der Waals surface area contributed by atoms with E-state index in [0.717, 1.165) is 39.0 Å². The third kappa shape index (κ3) is 5.14. The van der Waals surface area contributed by atoms with Gasteiger partial charge in [-0.25, -0.2) is 0 Å². The zero-order valence-electron chi connectivity index (χ0n) is 35.8. The zero-order chi connectivity index (χ0) is 42.2. The quantitative estimate of drug-likeness (QED) is 0.173. The Morgan fingerprint density at radius 2 is 0.857 bits per heavy atom. The number of para-hydroxylation sites is 3. The van der Waals surface area contributed by atoms with E-state index in [4.69, 9.17) is 4.42 Å². The first-order valence-corrected chi connectivity index (χ1v) is 22.1. The molecule has 0 fully saturated rings. The first kappa shape index (κ1) is 36.1. The van der Waals surface area contributed by atoms with E-state index < -0.39 is 0 Å². The molecule has 2 aliphatic rings. The lowest BCUT2D eigenvalue weighted by molar-refractivity contribution is 0.659. The molecule has 2 heterocycles. The Hall–Kier alpha value is -7.62. The van der Waals surface area contributed by atoms with Crippen LogP contribution in [0.25, 0.3) is 82.8 Å². The van der Waals surface area contributed by atoms with E-state index in [9.17, 15) is 0 Å². The van der Waals surface area contributed by atoms with Crippen LogP contribution < -0.4 is 4.90 Å². The Kier molecular flexibility index (Phi) is 7.42. The fourth-order valence-electron chi connectivity index (χ4n) is 11.2. The smallest absolute Gasteiger partial charge is 0.135 e. The summed E-state index contributed by atoms with van der Waals surface area (Å²) in [6.45, 7) is 9.52. The van der Waals surface area contributed by atoms with Crippen molar-refractivity contribution in [3.63, 3.8) is 0 Å². The van der Waals surface area contributed by atoms with Crippen LogP contribution in [0.3, 0.4) is 0 Å². The molecule has 0 radical (unpaired) electrons. The summed E-state index contributed by atoms with van der Waals surface area (Å²) in [7, 11) is 0. The van der Waals surface area contributed by atoms with Crippen LogP contribution in [-0.2, 0) is 10.8 Å². The molecular formula is C60H44N2O. The second kappa shape index (κ2) is 13.0. The van der Waals surface area contributed by atoms with Crippen LogP contribution in [0.2, 0.25) is 0 Å². The van der Waals surface area contributed by atoms with Gasteiger partial charge in [-0.2, -0.15) is 0 Å². The molecule has 0 unspecified atom stereocenters. The first-order valence-electron chi connectivity index (χ1n) is 22.1. The molecule has 300 valence electrons. The molecule has 13 rings (SSSR count). The standard InChI is InChI=1S/C60H44N2O/c1-59(2)51-17-9-5-13-43(51)44-29-26-40(34-52(44)59)61(39-24-21-37(22-25-39)38-23-32-58-50(33-38)49-16-8-12-20-57(49)63-58)41-27-30-45-46-31-28-42(36-54(46)60(3,4)53(45)35-41)62-55-18-10-6-14-47(55)48-15-7-11-19-56(48)62/h5-36H,1-4H3. The number of hydrogen-bond donors (Lipinski definition) is 0. The van der Waals surface area contributed by atoms with Crippen LogP contribution in [0.4, 0.5) is 17.1 Å².